The van der Waals surface area contributed by atoms with Gasteiger partial charge in [0.05, 0.1) is 11.0 Å². The van der Waals surface area contributed by atoms with E-state index in [2.05, 4.69) is 9.97 Å². The number of ketones is 1. The van der Waals surface area contributed by atoms with E-state index in [1.54, 1.807) is 12.4 Å². The lowest BCUT2D eigenvalue weighted by Gasteiger charge is -2.07. The number of benzene rings is 2. The lowest BCUT2D eigenvalue weighted by molar-refractivity contribution is 0.104. The third-order valence-corrected chi connectivity index (χ3v) is 3.75. The zero-order valence-electron chi connectivity index (χ0n) is 11.7. The normalized spacial score (nSPS) is 10.9. The highest BCUT2D eigenvalue weighted by Crippen LogP contribution is 2.23. The predicted molar refractivity (Wildman–Crippen MR) is 86.9 cm³/mol. The molecule has 3 heteroatoms. The SMILES string of the molecule is O=C(c1cccc2cccnc12)c1cccc2cccnc12. The van der Waals surface area contributed by atoms with Gasteiger partial charge in [-0.3, -0.25) is 14.8 Å². The number of hydrogen-bond donors (Lipinski definition) is 0. The lowest BCUT2D eigenvalue weighted by atomic mass is 9.98. The van der Waals surface area contributed by atoms with Gasteiger partial charge in [-0.25, -0.2) is 0 Å². The molecule has 0 spiro atoms. The first-order chi connectivity index (χ1) is 10.8. The van der Waals surface area contributed by atoms with Gasteiger partial charge in [0.15, 0.2) is 5.78 Å². The summed E-state index contributed by atoms with van der Waals surface area (Å²) >= 11 is 0. The molecule has 0 atom stereocenters. The van der Waals surface area contributed by atoms with Gasteiger partial charge in [-0.2, -0.15) is 0 Å². The molecule has 0 bridgehead atoms. The van der Waals surface area contributed by atoms with E-state index in [1.165, 1.54) is 0 Å². The Morgan fingerprint density at radius 3 is 1.59 bits per heavy atom. The fourth-order valence-corrected chi connectivity index (χ4v) is 2.72. The quantitative estimate of drug-likeness (QED) is 0.522. The molecular weight excluding hydrogens is 272 g/mol. The van der Waals surface area contributed by atoms with Crippen LogP contribution in [-0.4, -0.2) is 15.8 Å². The van der Waals surface area contributed by atoms with Crippen LogP contribution in [0.15, 0.2) is 73.1 Å². The monoisotopic (exact) mass is 284 g/mol. The molecule has 3 nitrogen and oxygen atoms in total. The minimum Gasteiger partial charge on any atom is -0.288 e. The molecule has 4 rings (SSSR count). The second-order valence-electron chi connectivity index (χ2n) is 5.09. The molecule has 2 aromatic carbocycles. The highest BCUT2D eigenvalue weighted by Gasteiger charge is 2.16. The molecule has 0 amide bonds. The molecule has 0 aliphatic carbocycles. The van der Waals surface area contributed by atoms with Crippen LogP contribution >= 0.6 is 0 Å². The van der Waals surface area contributed by atoms with Gasteiger partial charge >= 0.3 is 0 Å². The Balaban J connectivity index is 1.97. The van der Waals surface area contributed by atoms with Crippen molar-refractivity contribution in [3.63, 3.8) is 0 Å². The summed E-state index contributed by atoms with van der Waals surface area (Å²) in [6, 6.07) is 19.0. The maximum Gasteiger partial charge on any atom is 0.197 e. The summed E-state index contributed by atoms with van der Waals surface area (Å²) < 4.78 is 0. The molecular formula is C19H12N2O. The average Bonchev–Trinajstić information content (AvgIpc) is 2.60. The predicted octanol–water partition coefficient (Wildman–Crippen LogP) is 4.01. The third kappa shape index (κ3) is 1.95. The Morgan fingerprint density at radius 2 is 1.09 bits per heavy atom. The van der Waals surface area contributed by atoms with Gasteiger partial charge in [0.2, 0.25) is 0 Å². The molecule has 0 unspecified atom stereocenters. The Labute approximate surface area is 127 Å². The van der Waals surface area contributed by atoms with Crippen LogP contribution in [0.2, 0.25) is 0 Å². The molecule has 2 aromatic heterocycles. The fourth-order valence-electron chi connectivity index (χ4n) is 2.72. The smallest absolute Gasteiger partial charge is 0.197 e. The van der Waals surface area contributed by atoms with Gasteiger partial charge in [0, 0.05) is 34.3 Å². The van der Waals surface area contributed by atoms with Crippen molar-refractivity contribution in [2.24, 2.45) is 0 Å². The largest absolute Gasteiger partial charge is 0.288 e. The van der Waals surface area contributed by atoms with E-state index >= 15 is 0 Å². The first-order valence-electron chi connectivity index (χ1n) is 7.07. The maximum absolute atomic E-state index is 13.0. The van der Waals surface area contributed by atoms with Gasteiger partial charge in [-0.05, 0) is 24.3 Å². The van der Waals surface area contributed by atoms with E-state index < -0.39 is 0 Å². The molecule has 104 valence electrons. The van der Waals surface area contributed by atoms with Crippen LogP contribution in [0.3, 0.4) is 0 Å². The zero-order chi connectivity index (χ0) is 14.9. The Bertz CT molecular complexity index is 916. The number of hydrogen-bond acceptors (Lipinski definition) is 3. The number of rotatable bonds is 2. The summed E-state index contributed by atoms with van der Waals surface area (Å²) in [5.74, 6) is -0.0476. The average molecular weight is 284 g/mol. The van der Waals surface area contributed by atoms with Crippen molar-refractivity contribution in [2.75, 3.05) is 0 Å². The summed E-state index contributed by atoms with van der Waals surface area (Å²) in [5, 5.41) is 1.92. The summed E-state index contributed by atoms with van der Waals surface area (Å²) in [4.78, 5) is 21.7. The van der Waals surface area contributed by atoms with Gasteiger partial charge in [-0.1, -0.05) is 36.4 Å². The van der Waals surface area contributed by atoms with Crippen molar-refractivity contribution in [3.8, 4) is 0 Å². The van der Waals surface area contributed by atoms with Crippen LogP contribution in [0, 0.1) is 0 Å². The molecule has 0 fully saturated rings. The Morgan fingerprint density at radius 1 is 0.636 bits per heavy atom. The van der Waals surface area contributed by atoms with E-state index in [0.29, 0.717) is 11.1 Å². The maximum atomic E-state index is 13.0. The lowest BCUT2D eigenvalue weighted by Crippen LogP contribution is -2.04. The molecule has 2 heterocycles. The van der Waals surface area contributed by atoms with E-state index in [4.69, 9.17) is 0 Å². The fraction of sp³-hybridized carbons (Fsp3) is 0. The number of pyridine rings is 2. The van der Waals surface area contributed by atoms with Gasteiger partial charge in [-0.15, -0.1) is 0 Å². The molecule has 22 heavy (non-hydrogen) atoms. The summed E-state index contributed by atoms with van der Waals surface area (Å²) in [6.45, 7) is 0. The topological polar surface area (TPSA) is 42.9 Å². The highest BCUT2D eigenvalue weighted by molar-refractivity contribution is 6.20. The standard InChI is InChI=1S/C19H12N2O/c22-19(15-9-1-5-13-7-3-11-20-17(13)15)16-10-2-6-14-8-4-12-21-18(14)16/h1-12H. The van der Waals surface area contributed by atoms with E-state index in [-0.39, 0.29) is 5.78 Å². The van der Waals surface area contributed by atoms with Crippen LogP contribution in [-0.2, 0) is 0 Å². The molecule has 0 radical (unpaired) electrons. The van der Waals surface area contributed by atoms with Crippen molar-refractivity contribution in [1.82, 2.24) is 9.97 Å². The van der Waals surface area contributed by atoms with E-state index in [9.17, 15) is 4.79 Å². The van der Waals surface area contributed by atoms with Crippen LogP contribution in [0.25, 0.3) is 21.8 Å². The second-order valence-corrected chi connectivity index (χ2v) is 5.09. The zero-order valence-corrected chi connectivity index (χ0v) is 11.7. The van der Waals surface area contributed by atoms with Gasteiger partial charge < -0.3 is 0 Å². The van der Waals surface area contributed by atoms with Crippen LogP contribution < -0.4 is 0 Å². The molecule has 4 aromatic rings. The minimum absolute atomic E-state index is 0.0476. The molecule has 0 saturated heterocycles. The first kappa shape index (κ1) is 12.7. The molecule has 0 saturated carbocycles. The molecule has 0 aliphatic heterocycles. The number of carbonyl (C=O) groups is 1. The van der Waals surface area contributed by atoms with Crippen molar-refractivity contribution in [1.29, 1.82) is 0 Å². The number of fused-ring (bicyclic) bond motifs is 2. The Kier molecular flexibility index (Phi) is 2.90. The number of carbonyl (C=O) groups excluding carboxylic acids is 1. The summed E-state index contributed by atoms with van der Waals surface area (Å²) in [6.07, 6.45) is 3.42. The number of para-hydroxylation sites is 2. The first-order valence-corrected chi connectivity index (χ1v) is 7.07. The van der Waals surface area contributed by atoms with Crippen LogP contribution in [0.1, 0.15) is 15.9 Å². The highest BCUT2D eigenvalue weighted by atomic mass is 16.1. The minimum atomic E-state index is -0.0476. The van der Waals surface area contributed by atoms with Crippen molar-refractivity contribution in [3.05, 3.63) is 84.2 Å². The summed E-state index contributed by atoms with van der Waals surface area (Å²) in [5.41, 5.74) is 2.67. The molecule has 0 aliphatic rings. The van der Waals surface area contributed by atoms with E-state index in [0.717, 1.165) is 21.8 Å². The van der Waals surface area contributed by atoms with Gasteiger partial charge in [0.1, 0.15) is 0 Å². The summed E-state index contributed by atoms with van der Waals surface area (Å²) in [7, 11) is 0. The van der Waals surface area contributed by atoms with E-state index in [1.807, 2.05) is 60.7 Å². The van der Waals surface area contributed by atoms with Crippen molar-refractivity contribution < 1.29 is 4.79 Å². The van der Waals surface area contributed by atoms with Gasteiger partial charge in [0.25, 0.3) is 0 Å². The van der Waals surface area contributed by atoms with Crippen LogP contribution in [0.4, 0.5) is 0 Å². The third-order valence-electron chi connectivity index (χ3n) is 3.75. The number of nitrogens with zero attached hydrogens (tertiary/aromatic N) is 2. The van der Waals surface area contributed by atoms with Crippen LogP contribution in [0.5, 0.6) is 0 Å². The molecule has 0 N–H and O–H groups in total. The van der Waals surface area contributed by atoms with Crippen molar-refractivity contribution in [2.45, 2.75) is 0 Å². The Hall–Kier alpha value is -3.07. The van der Waals surface area contributed by atoms with Crippen molar-refractivity contribution >= 4 is 27.6 Å². The number of aromatic nitrogens is 2. The second kappa shape index (κ2) is 5.04.